The van der Waals surface area contributed by atoms with Crippen LogP contribution in [0.25, 0.3) is 0 Å². The molecule has 0 spiro atoms. The smallest absolute Gasteiger partial charge is 0.227 e. The summed E-state index contributed by atoms with van der Waals surface area (Å²) in [4.78, 5) is 13.7. The third-order valence-electron chi connectivity index (χ3n) is 4.50. The summed E-state index contributed by atoms with van der Waals surface area (Å²) in [5, 5.41) is 8.82. The van der Waals surface area contributed by atoms with Gasteiger partial charge in [-0.15, -0.1) is 0 Å². The van der Waals surface area contributed by atoms with Gasteiger partial charge in [0, 0.05) is 24.4 Å². The van der Waals surface area contributed by atoms with Crippen molar-refractivity contribution in [3.05, 3.63) is 58.9 Å². The Balaban J connectivity index is 1.73. The number of hydrogen-bond acceptors (Lipinski definition) is 4. The predicted octanol–water partition coefficient (Wildman–Crippen LogP) is 4.82. The number of fused-ring (bicyclic) bond motifs is 1. The maximum Gasteiger partial charge on any atom is 0.227 e. The predicted molar refractivity (Wildman–Crippen MR) is 104 cm³/mol. The van der Waals surface area contributed by atoms with Crippen LogP contribution in [0.3, 0.4) is 0 Å². The molecule has 134 valence electrons. The second-order valence-corrected chi connectivity index (χ2v) is 7.12. The molecule has 2 aromatic rings. The molecule has 1 aliphatic rings. The summed E-state index contributed by atoms with van der Waals surface area (Å²) in [6.07, 6.45) is 0.405. The molecule has 0 saturated carbocycles. The highest BCUT2D eigenvalue weighted by molar-refractivity contribution is 7.99. The summed E-state index contributed by atoms with van der Waals surface area (Å²) >= 11 is 1.46. The van der Waals surface area contributed by atoms with E-state index in [0.29, 0.717) is 35.7 Å². The van der Waals surface area contributed by atoms with E-state index in [-0.39, 0.29) is 17.6 Å². The van der Waals surface area contributed by atoms with Crippen molar-refractivity contribution in [2.75, 3.05) is 16.2 Å². The van der Waals surface area contributed by atoms with E-state index in [9.17, 15) is 9.18 Å². The van der Waals surface area contributed by atoms with Crippen LogP contribution in [0.1, 0.15) is 42.9 Å². The van der Waals surface area contributed by atoms with Gasteiger partial charge in [0.15, 0.2) is 0 Å². The van der Waals surface area contributed by atoms with Crippen LogP contribution in [-0.4, -0.2) is 12.5 Å². The zero-order valence-corrected chi connectivity index (χ0v) is 15.6. The fraction of sp³-hybridized carbons (Fsp3) is 0.300. The molecule has 3 rings (SSSR count). The molecule has 1 amide bonds. The van der Waals surface area contributed by atoms with Gasteiger partial charge in [0.1, 0.15) is 5.82 Å². The molecular formula is C20H20FN3OS. The summed E-state index contributed by atoms with van der Waals surface area (Å²) in [6.45, 7) is 4.28. The minimum atomic E-state index is -0.370. The highest BCUT2D eigenvalue weighted by atomic mass is 32.2. The lowest BCUT2D eigenvalue weighted by atomic mass is 9.90. The van der Waals surface area contributed by atoms with Crippen molar-refractivity contribution in [2.45, 2.75) is 31.9 Å². The minimum absolute atomic E-state index is 0.0000704. The molecule has 6 heteroatoms. The third-order valence-corrected chi connectivity index (χ3v) is 5.36. The third kappa shape index (κ3) is 3.68. The van der Waals surface area contributed by atoms with Crippen molar-refractivity contribution in [3.63, 3.8) is 0 Å². The van der Waals surface area contributed by atoms with Crippen molar-refractivity contribution in [1.82, 2.24) is 0 Å². The quantitative estimate of drug-likeness (QED) is 0.768. The van der Waals surface area contributed by atoms with Crippen LogP contribution in [0.2, 0.25) is 0 Å². The molecular weight excluding hydrogens is 349 g/mol. The number of carbonyl (C=O) groups is 1. The Morgan fingerprint density at radius 1 is 1.35 bits per heavy atom. The summed E-state index contributed by atoms with van der Waals surface area (Å²) < 4.78 is 17.9. The van der Waals surface area contributed by atoms with Crippen LogP contribution >= 0.6 is 11.9 Å². The van der Waals surface area contributed by atoms with E-state index in [0.717, 1.165) is 11.1 Å². The number of benzene rings is 2. The molecule has 1 aliphatic heterocycles. The molecule has 1 N–H and O–H groups in total. The second kappa shape index (κ2) is 7.79. The van der Waals surface area contributed by atoms with Gasteiger partial charge in [0.2, 0.25) is 5.91 Å². The molecule has 0 fully saturated rings. The molecule has 0 aliphatic carbocycles. The Bertz CT molecular complexity index is 861. The van der Waals surface area contributed by atoms with Crippen LogP contribution < -0.4 is 9.62 Å². The normalized spacial score (nSPS) is 16.2. The van der Waals surface area contributed by atoms with Gasteiger partial charge in [-0.05, 0) is 60.2 Å². The van der Waals surface area contributed by atoms with Crippen molar-refractivity contribution in [1.29, 1.82) is 5.26 Å². The average molecular weight is 369 g/mol. The number of rotatable bonds is 5. The summed E-state index contributed by atoms with van der Waals surface area (Å²) in [5.74, 6) is 0.299. The number of nitrogens with one attached hydrogen (secondary N) is 1. The SMILES string of the molecule is CCN1C(=O)CC(C)c2cc(NSCc3ccc(C#N)cc3)cc(F)c21. The van der Waals surface area contributed by atoms with Crippen LogP contribution in [0.15, 0.2) is 36.4 Å². The molecule has 0 saturated heterocycles. The van der Waals surface area contributed by atoms with E-state index in [4.69, 9.17) is 5.26 Å². The molecule has 1 heterocycles. The van der Waals surface area contributed by atoms with Gasteiger partial charge in [0.05, 0.1) is 17.3 Å². The Morgan fingerprint density at radius 3 is 2.73 bits per heavy atom. The van der Waals surface area contributed by atoms with E-state index in [1.54, 1.807) is 12.1 Å². The molecule has 0 radical (unpaired) electrons. The molecule has 0 aromatic heterocycles. The van der Waals surface area contributed by atoms with Gasteiger partial charge >= 0.3 is 0 Å². The summed E-state index contributed by atoms with van der Waals surface area (Å²) in [7, 11) is 0. The van der Waals surface area contributed by atoms with Crippen molar-refractivity contribution in [3.8, 4) is 6.07 Å². The molecule has 26 heavy (non-hydrogen) atoms. The standard InChI is InChI=1S/C20H20FN3OS/c1-3-24-19(25)8-13(2)17-9-16(10-18(21)20(17)24)23-26-12-15-6-4-14(11-22)5-7-15/h4-7,9-10,13,23H,3,8,12H2,1-2H3. The number of hydrogen-bond donors (Lipinski definition) is 1. The minimum Gasteiger partial charge on any atom is -0.329 e. The van der Waals surface area contributed by atoms with Gasteiger partial charge in [-0.2, -0.15) is 5.26 Å². The average Bonchev–Trinajstić information content (AvgIpc) is 2.63. The van der Waals surface area contributed by atoms with Crippen molar-refractivity contribution in [2.24, 2.45) is 0 Å². The number of anilines is 2. The number of halogens is 1. The first-order valence-electron chi connectivity index (χ1n) is 8.54. The summed E-state index contributed by atoms with van der Waals surface area (Å²) in [5.41, 5.74) is 3.69. The highest BCUT2D eigenvalue weighted by Gasteiger charge is 2.31. The monoisotopic (exact) mass is 369 g/mol. The lowest BCUT2D eigenvalue weighted by molar-refractivity contribution is -0.119. The van der Waals surface area contributed by atoms with Crippen LogP contribution in [-0.2, 0) is 10.5 Å². The van der Waals surface area contributed by atoms with Crippen LogP contribution in [0.4, 0.5) is 15.8 Å². The van der Waals surface area contributed by atoms with Crippen molar-refractivity contribution < 1.29 is 9.18 Å². The van der Waals surface area contributed by atoms with Crippen LogP contribution in [0, 0.1) is 17.1 Å². The lowest BCUT2D eigenvalue weighted by Crippen LogP contribution is -2.36. The molecule has 1 atom stereocenters. The zero-order chi connectivity index (χ0) is 18.7. The number of carbonyl (C=O) groups excluding carboxylic acids is 1. The van der Waals surface area contributed by atoms with E-state index < -0.39 is 0 Å². The van der Waals surface area contributed by atoms with Crippen molar-refractivity contribution >= 4 is 29.2 Å². The first-order valence-corrected chi connectivity index (χ1v) is 9.52. The number of nitriles is 1. The highest BCUT2D eigenvalue weighted by Crippen LogP contribution is 2.39. The second-order valence-electron chi connectivity index (χ2n) is 6.34. The lowest BCUT2D eigenvalue weighted by Gasteiger charge is -2.32. The number of amides is 1. The Kier molecular flexibility index (Phi) is 5.48. The van der Waals surface area contributed by atoms with E-state index >= 15 is 0 Å². The van der Waals surface area contributed by atoms with E-state index in [1.165, 1.54) is 22.9 Å². The van der Waals surface area contributed by atoms with Gasteiger partial charge in [-0.3, -0.25) is 4.79 Å². The number of nitrogens with zero attached hydrogens (tertiary/aromatic N) is 2. The topological polar surface area (TPSA) is 56.1 Å². The van der Waals surface area contributed by atoms with Gasteiger partial charge in [-0.1, -0.05) is 19.1 Å². The van der Waals surface area contributed by atoms with Crippen LogP contribution in [0.5, 0.6) is 0 Å². The van der Waals surface area contributed by atoms with Gasteiger partial charge in [-0.25, -0.2) is 4.39 Å². The fourth-order valence-corrected chi connectivity index (χ4v) is 3.87. The van der Waals surface area contributed by atoms with Gasteiger partial charge < -0.3 is 9.62 Å². The zero-order valence-electron chi connectivity index (χ0n) is 14.8. The Morgan fingerprint density at radius 2 is 2.08 bits per heavy atom. The molecule has 0 bridgehead atoms. The largest absolute Gasteiger partial charge is 0.329 e. The fourth-order valence-electron chi connectivity index (χ4n) is 3.16. The first-order chi connectivity index (χ1) is 12.5. The Labute approximate surface area is 157 Å². The maximum atomic E-state index is 14.7. The molecule has 1 unspecified atom stereocenters. The molecule has 4 nitrogen and oxygen atoms in total. The summed E-state index contributed by atoms with van der Waals surface area (Å²) in [6, 6.07) is 12.9. The van der Waals surface area contributed by atoms with Gasteiger partial charge in [0.25, 0.3) is 0 Å². The van der Waals surface area contributed by atoms with E-state index in [2.05, 4.69) is 10.8 Å². The maximum absolute atomic E-state index is 14.7. The Hall–Kier alpha value is -2.52. The van der Waals surface area contributed by atoms with E-state index in [1.807, 2.05) is 32.0 Å². The molecule has 2 aromatic carbocycles. The first kappa shape index (κ1) is 18.3.